The molecule has 1 aliphatic rings. The van der Waals surface area contributed by atoms with Gasteiger partial charge < -0.3 is 19.5 Å². The standard InChI is InChI=1S/C25H16N2O4/c1-27-18-9-5-8-15(13-26)22(18)17(24(27)14-6-3-2-4-7-14)12-21-25(30)23-19(29)10-16(28)11-20(23)31-21/h2-12,28-29H,1H3/b21-12-. The topological polar surface area (TPSA) is 95.5 Å². The Hall–Kier alpha value is -4.50. The number of aryl methyl sites for hydroxylation is 1. The number of nitrogens with zero attached hydrogens (tertiary/aromatic N) is 2. The molecule has 6 nitrogen and oxygen atoms in total. The van der Waals surface area contributed by atoms with Gasteiger partial charge in [-0.3, -0.25) is 4.79 Å². The van der Waals surface area contributed by atoms with Crippen molar-refractivity contribution < 1.29 is 19.7 Å². The first-order valence-electron chi connectivity index (χ1n) is 9.56. The highest BCUT2D eigenvalue weighted by Gasteiger charge is 2.32. The first-order chi connectivity index (χ1) is 15.0. The van der Waals surface area contributed by atoms with E-state index in [0.29, 0.717) is 16.5 Å². The quantitative estimate of drug-likeness (QED) is 0.467. The third-order valence-corrected chi connectivity index (χ3v) is 5.44. The third kappa shape index (κ3) is 2.75. The molecular formula is C25H16N2O4. The van der Waals surface area contributed by atoms with E-state index in [1.165, 1.54) is 6.07 Å². The number of rotatable bonds is 2. The van der Waals surface area contributed by atoms with E-state index in [-0.39, 0.29) is 28.6 Å². The van der Waals surface area contributed by atoms with Gasteiger partial charge in [-0.1, -0.05) is 36.4 Å². The summed E-state index contributed by atoms with van der Waals surface area (Å²) in [6.45, 7) is 0. The molecule has 0 amide bonds. The van der Waals surface area contributed by atoms with Crippen LogP contribution in [0.25, 0.3) is 28.2 Å². The van der Waals surface area contributed by atoms with E-state index in [4.69, 9.17) is 4.74 Å². The molecule has 2 heterocycles. The van der Waals surface area contributed by atoms with Crippen LogP contribution in [0.3, 0.4) is 0 Å². The molecule has 3 aromatic carbocycles. The minimum Gasteiger partial charge on any atom is -0.508 e. The molecule has 0 bridgehead atoms. The van der Waals surface area contributed by atoms with Crippen molar-refractivity contribution in [1.82, 2.24) is 4.57 Å². The fraction of sp³-hybridized carbons (Fsp3) is 0.0400. The van der Waals surface area contributed by atoms with Gasteiger partial charge in [0.05, 0.1) is 22.8 Å². The van der Waals surface area contributed by atoms with Crippen LogP contribution in [0.4, 0.5) is 0 Å². The number of aromatic nitrogens is 1. The number of benzene rings is 3. The van der Waals surface area contributed by atoms with Gasteiger partial charge in [-0.25, -0.2) is 0 Å². The second-order valence-corrected chi connectivity index (χ2v) is 7.28. The number of phenolic OH excluding ortho intramolecular Hbond substituents is 2. The zero-order chi connectivity index (χ0) is 21.7. The molecule has 1 aliphatic heterocycles. The Kier molecular flexibility index (Phi) is 4.05. The molecule has 4 aromatic rings. The Balaban J connectivity index is 1.80. The number of carbonyl (C=O) groups is 1. The highest BCUT2D eigenvalue weighted by molar-refractivity contribution is 6.17. The maximum Gasteiger partial charge on any atom is 0.235 e. The molecule has 0 saturated heterocycles. The van der Waals surface area contributed by atoms with Crippen LogP contribution in [0, 0.1) is 11.3 Å². The first-order valence-corrected chi connectivity index (χ1v) is 9.56. The van der Waals surface area contributed by atoms with Gasteiger partial charge >= 0.3 is 0 Å². The maximum absolute atomic E-state index is 13.0. The van der Waals surface area contributed by atoms with Crippen LogP contribution in [-0.4, -0.2) is 20.6 Å². The monoisotopic (exact) mass is 408 g/mol. The molecule has 31 heavy (non-hydrogen) atoms. The van der Waals surface area contributed by atoms with Crippen LogP contribution in [0.1, 0.15) is 21.5 Å². The molecule has 1 aromatic heterocycles. The Morgan fingerprint density at radius 1 is 1.06 bits per heavy atom. The lowest BCUT2D eigenvalue weighted by molar-refractivity contribution is 0.101. The maximum atomic E-state index is 13.0. The number of Topliss-reactive ketones (excluding diaryl/α,β-unsaturated/α-hetero) is 1. The number of hydrogen-bond donors (Lipinski definition) is 2. The normalized spacial score (nSPS) is 13.9. The SMILES string of the molecule is Cn1c(-c2ccccc2)c(/C=C2\Oc3cc(O)cc(O)c3C2=O)c2c(C#N)cccc21. The Labute approximate surface area is 177 Å². The van der Waals surface area contributed by atoms with E-state index in [2.05, 4.69) is 6.07 Å². The van der Waals surface area contributed by atoms with Crippen molar-refractivity contribution in [3.05, 3.63) is 83.1 Å². The van der Waals surface area contributed by atoms with Crippen LogP contribution < -0.4 is 4.74 Å². The molecule has 150 valence electrons. The molecule has 0 saturated carbocycles. The lowest BCUT2D eigenvalue weighted by atomic mass is 10.0. The van der Waals surface area contributed by atoms with E-state index in [0.717, 1.165) is 22.8 Å². The largest absolute Gasteiger partial charge is 0.508 e. The summed E-state index contributed by atoms with van der Waals surface area (Å²) in [5, 5.41) is 30.3. The van der Waals surface area contributed by atoms with E-state index < -0.39 is 5.78 Å². The average molecular weight is 408 g/mol. The molecule has 0 aliphatic carbocycles. The third-order valence-electron chi connectivity index (χ3n) is 5.44. The van der Waals surface area contributed by atoms with Gasteiger partial charge in [0.15, 0.2) is 5.76 Å². The van der Waals surface area contributed by atoms with E-state index in [9.17, 15) is 20.3 Å². The average Bonchev–Trinajstić information content (AvgIpc) is 3.23. The van der Waals surface area contributed by atoms with E-state index >= 15 is 0 Å². The number of nitriles is 1. The Morgan fingerprint density at radius 3 is 2.58 bits per heavy atom. The number of ether oxygens (including phenoxy) is 1. The Morgan fingerprint density at radius 2 is 1.84 bits per heavy atom. The van der Waals surface area contributed by atoms with Crippen molar-refractivity contribution >= 4 is 22.8 Å². The molecule has 0 radical (unpaired) electrons. The van der Waals surface area contributed by atoms with Gasteiger partial charge in [0.25, 0.3) is 0 Å². The zero-order valence-electron chi connectivity index (χ0n) is 16.5. The van der Waals surface area contributed by atoms with Crippen molar-refractivity contribution in [2.45, 2.75) is 0 Å². The van der Waals surface area contributed by atoms with Crippen LogP contribution in [-0.2, 0) is 7.05 Å². The fourth-order valence-electron chi connectivity index (χ4n) is 4.11. The predicted molar refractivity (Wildman–Crippen MR) is 116 cm³/mol. The zero-order valence-corrected chi connectivity index (χ0v) is 16.5. The second-order valence-electron chi connectivity index (χ2n) is 7.28. The lowest BCUT2D eigenvalue weighted by Crippen LogP contribution is -1.99. The van der Waals surface area contributed by atoms with Crippen LogP contribution in [0.2, 0.25) is 0 Å². The van der Waals surface area contributed by atoms with Crippen molar-refractivity contribution in [1.29, 1.82) is 5.26 Å². The summed E-state index contributed by atoms with van der Waals surface area (Å²) in [6, 6.07) is 19.8. The summed E-state index contributed by atoms with van der Waals surface area (Å²) < 4.78 is 7.69. The minimum absolute atomic E-state index is 0.00561. The Bertz CT molecular complexity index is 1460. The van der Waals surface area contributed by atoms with Crippen LogP contribution in [0.15, 0.2) is 66.4 Å². The molecule has 0 spiro atoms. The highest BCUT2D eigenvalue weighted by atomic mass is 16.5. The van der Waals surface area contributed by atoms with Gasteiger partial charge in [-0.05, 0) is 23.8 Å². The number of fused-ring (bicyclic) bond motifs is 2. The summed E-state index contributed by atoms with van der Waals surface area (Å²) >= 11 is 0. The number of aromatic hydroxyl groups is 2. The van der Waals surface area contributed by atoms with Crippen molar-refractivity contribution in [3.8, 4) is 34.6 Å². The summed E-state index contributed by atoms with van der Waals surface area (Å²) in [5.74, 6) is -0.934. The first kappa shape index (κ1) is 18.5. The molecule has 2 N–H and O–H groups in total. The van der Waals surface area contributed by atoms with Crippen LogP contribution >= 0.6 is 0 Å². The highest BCUT2D eigenvalue weighted by Crippen LogP contribution is 2.42. The van der Waals surface area contributed by atoms with Gasteiger partial charge in [-0.2, -0.15) is 5.26 Å². The molecular weight excluding hydrogens is 392 g/mol. The molecule has 5 rings (SSSR count). The smallest absolute Gasteiger partial charge is 0.235 e. The predicted octanol–water partition coefficient (Wildman–Crippen LogP) is 4.74. The van der Waals surface area contributed by atoms with E-state index in [1.807, 2.05) is 54.1 Å². The second kappa shape index (κ2) is 6.78. The summed E-state index contributed by atoms with van der Waals surface area (Å²) in [7, 11) is 1.91. The minimum atomic E-state index is -0.488. The number of carbonyl (C=O) groups excluding carboxylic acids is 1. The lowest BCUT2D eigenvalue weighted by Gasteiger charge is -2.07. The van der Waals surface area contributed by atoms with Gasteiger partial charge in [0.1, 0.15) is 22.8 Å². The number of phenols is 2. The molecule has 6 heteroatoms. The number of hydrogen-bond acceptors (Lipinski definition) is 5. The molecule has 0 atom stereocenters. The van der Waals surface area contributed by atoms with Crippen molar-refractivity contribution in [3.63, 3.8) is 0 Å². The van der Waals surface area contributed by atoms with E-state index in [1.54, 1.807) is 12.1 Å². The summed E-state index contributed by atoms with van der Waals surface area (Å²) in [5.41, 5.74) is 3.73. The molecule has 0 fully saturated rings. The fourth-order valence-corrected chi connectivity index (χ4v) is 4.11. The molecule has 0 unspecified atom stereocenters. The van der Waals surface area contributed by atoms with Crippen molar-refractivity contribution in [2.24, 2.45) is 7.05 Å². The van der Waals surface area contributed by atoms with Crippen LogP contribution in [0.5, 0.6) is 17.2 Å². The summed E-state index contributed by atoms with van der Waals surface area (Å²) in [4.78, 5) is 13.0. The summed E-state index contributed by atoms with van der Waals surface area (Å²) in [6.07, 6.45) is 1.60. The van der Waals surface area contributed by atoms with Crippen molar-refractivity contribution in [2.75, 3.05) is 0 Å². The number of ketones is 1. The van der Waals surface area contributed by atoms with Gasteiger partial charge in [-0.15, -0.1) is 0 Å². The number of allylic oxidation sites excluding steroid dienone is 1. The van der Waals surface area contributed by atoms with Gasteiger partial charge in [0, 0.05) is 30.1 Å². The van der Waals surface area contributed by atoms with Gasteiger partial charge in [0.2, 0.25) is 5.78 Å².